The van der Waals surface area contributed by atoms with Gasteiger partial charge in [0.15, 0.2) is 5.65 Å². The molecule has 1 saturated heterocycles. The smallest absolute Gasteiger partial charge is 0.276 e. The Balaban J connectivity index is 1.75. The summed E-state index contributed by atoms with van der Waals surface area (Å²) in [6.45, 7) is 4.52. The van der Waals surface area contributed by atoms with Crippen LogP contribution in [0, 0.1) is 6.92 Å². The largest absolute Gasteiger partial charge is 0.330 e. The van der Waals surface area contributed by atoms with Gasteiger partial charge < -0.3 is 4.90 Å². The van der Waals surface area contributed by atoms with Crippen molar-refractivity contribution in [2.24, 2.45) is 0 Å². The van der Waals surface area contributed by atoms with E-state index in [-0.39, 0.29) is 17.5 Å². The number of amides is 1. The van der Waals surface area contributed by atoms with Gasteiger partial charge in [-0.15, -0.1) is 0 Å². The first kappa shape index (κ1) is 17.5. The summed E-state index contributed by atoms with van der Waals surface area (Å²) in [7, 11) is 0. The third-order valence-electron chi connectivity index (χ3n) is 5.34. The van der Waals surface area contributed by atoms with Crippen molar-refractivity contribution in [3.8, 4) is 0 Å². The molecule has 27 heavy (non-hydrogen) atoms. The minimum atomic E-state index is -0.0918. The number of carbonyl (C=O) groups excluding carboxylic acids is 1. The highest BCUT2D eigenvalue weighted by molar-refractivity contribution is 5.94. The highest BCUT2D eigenvalue weighted by Gasteiger charge is 2.30. The van der Waals surface area contributed by atoms with E-state index in [1.54, 1.807) is 24.5 Å². The van der Waals surface area contributed by atoms with Crippen molar-refractivity contribution in [3.63, 3.8) is 0 Å². The number of fused-ring (bicyclic) bond motifs is 1. The van der Waals surface area contributed by atoms with Crippen LogP contribution in [0.1, 0.15) is 59.5 Å². The number of hydrogen-bond donors (Lipinski definition) is 1. The van der Waals surface area contributed by atoms with Crippen molar-refractivity contribution >= 4 is 11.6 Å². The number of pyridine rings is 1. The lowest BCUT2D eigenvalue weighted by molar-refractivity contribution is 0.0605. The van der Waals surface area contributed by atoms with Crippen molar-refractivity contribution < 1.29 is 4.79 Å². The molecule has 7 heteroatoms. The molecule has 0 aliphatic carbocycles. The maximum absolute atomic E-state index is 13.0. The number of rotatable bonds is 3. The zero-order valence-electron chi connectivity index (χ0n) is 15.6. The van der Waals surface area contributed by atoms with Crippen LogP contribution in [-0.4, -0.2) is 36.9 Å². The third-order valence-corrected chi connectivity index (χ3v) is 5.34. The number of aromatic nitrogens is 4. The van der Waals surface area contributed by atoms with Gasteiger partial charge in [-0.2, -0.15) is 0 Å². The fourth-order valence-electron chi connectivity index (χ4n) is 3.92. The quantitative estimate of drug-likeness (QED) is 0.773. The maximum atomic E-state index is 13.0. The molecule has 3 aromatic rings. The predicted molar refractivity (Wildman–Crippen MR) is 102 cm³/mol. The van der Waals surface area contributed by atoms with Crippen LogP contribution in [0.2, 0.25) is 0 Å². The van der Waals surface area contributed by atoms with Gasteiger partial charge in [0.05, 0.1) is 11.7 Å². The number of aryl methyl sites for hydroxylation is 1. The minimum Gasteiger partial charge on any atom is -0.330 e. The number of nitrogens with one attached hydrogen (secondary N) is 1. The van der Waals surface area contributed by atoms with E-state index in [0.717, 1.165) is 30.7 Å². The summed E-state index contributed by atoms with van der Waals surface area (Å²) in [6.07, 6.45) is 6.79. The lowest BCUT2D eigenvalue weighted by Gasteiger charge is -2.35. The maximum Gasteiger partial charge on any atom is 0.276 e. The highest BCUT2D eigenvalue weighted by atomic mass is 16.2. The van der Waals surface area contributed by atoms with Gasteiger partial charge in [0.2, 0.25) is 0 Å². The molecule has 3 aromatic heterocycles. The van der Waals surface area contributed by atoms with Crippen LogP contribution < -0.4 is 5.56 Å². The van der Waals surface area contributed by atoms with Crippen LogP contribution >= 0.6 is 0 Å². The van der Waals surface area contributed by atoms with E-state index < -0.39 is 0 Å². The Morgan fingerprint density at radius 1 is 1.30 bits per heavy atom. The molecule has 4 rings (SSSR count). The van der Waals surface area contributed by atoms with Crippen LogP contribution in [0.15, 0.2) is 35.4 Å². The average molecular weight is 365 g/mol. The summed E-state index contributed by atoms with van der Waals surface area (Å²) in [4.78, 5) is 36.2. The zero-order valence-corrected chi connectivity index (χ0v) is 15.6. The van der Waals surface area contributed by atoms with E-state index in [4.69, 9.17) is 0 Å². The van der Waals surface area contributed by atoms with Gasteiger partial charge in [0.25, 0.3) is 11.5 Å². The van der Waals surface area contributed by atoms with Gasteiger partial charge in [-0.25, -0.2) is 9.50 Å². The van der Waals surface area contributed by atoms with Crippen LogP contribution in [0.25, 0.3) is 5.65 Å². The van der Waals surface area contributed by atoms with Crippen LogP contribution in [0.3, 0.4) is 0 Å². The Morgan fingerprint density at radius 2 is 2.07 bits per heavy atom. The number of nitrogens with zero attached hydrogens (tertiary/aromatic N) is 4. The number of aromatic amines is 1. The summed E-state index contributed by atoms with van der Waals surface area (Å²) < 4.78 is 1.50. The summed E-state index contributed by atoms with van der Waals surface area (Å²) in [5.41, 5.74) is 3.51. The van der Waals surface area contributed by atoms with Crippen molar-refractivity contribution in [1.29, 1.82) is 0 Å². The van der Waals surface area contributed by atoms with E-state index in [2.05, 4.69) is 15.1 Å². The Hall–Kier alpha value is -2.96. The summed E-state index contributed by atoms with van der Waals surface area (Å²) >= 11 is 0. The molecule has 0 saturated carbocycles. The Morgan fingerprint density at radius 3 is 2.81 bits per heavy atom. The van der Waals surface area contributed by atoms with Crippen LogP contribution in [0.5, 0.6) is 0 Å². The van der Waals surface area contributed by atoms with Gasteiger partial charge in [0, 0.05) is 41.8 Å². The molecule has 0 unspecified atom stereocenters. The molecule has 7 nitrogen and oxygen atoms in total. The molecule has 1 atom stereocenters. The Labute approximate surface area is 157 Å². The highest BCUT2D eigenvalue weighted by Crippen LogP contribution is 2.31. The SMILES string of the molecule is CCc1c(C)nc2cc([C@H]3CCCCN3C(=O)c3ccncc3)[nH]n2c1=O. The van der Waals surface area contributed by atoms with Gasteiger partial charge in [-0.1, -0.05) is 6.92 Å². The molecule has 1 N–H and O–H groups in total. The minimum absolute atomic E-state index is 0.00788. The lowest BCUT2D eigenvalue weighted by Crippen LogP contribution is -2.38. The second kappa shape index (κ2) is 6.98. The molecule has 0 spiro atoms. The number of likely N-dealkylation sites (tertiary alicyclic amines) is 1. The predicted octanol–water partition coefficient (Wildman–Crippen LogP) is 2.66. The summed E-state index contributed by atoms with van der Waals surface area (Å²) in [5, 5.41) is 3.21. The molecule has 4 heterocycles. The fraction of sp³-hybridized carbons (Fsp3) is 0.400. The van der Waals surface area contributed by atoms with Crippen molar-refractivity contribution in [3.05, 3.63) is 63.5 Å². The molecule has 0 aromatic carbocycles. The summed E-state index contributed by atoms with van der Waals surface area (Å²) in [5.74, 6) is -0.00788. The molecule has 140 valence electrons. The number of piperidine rings is 1. The monoisotopic (exact) mass is 365 g/mol. The topological polar surface area (TPSA) is 83.4 Å². The number of hydrogen-bond acceptors (Lipinski definition) is 4. The molecule has 1 aliphatic heterocycles. The molecular formula is C20H23N5O2. The van der Waals surface area contributed by atoms with Crippen molar-refractivity contribution in [2.75, 3.05) is 6.54 Å². The van der Waals surface area contributed by atoms with Crippen molar-refractivity contribution in [2.45, 2.75) is 45.6 Å². The molecule has 1 aliphatic rings. The third kappa shape index (κ3) is 3.03. The van der Waals surface area contributed by atoms with Crippen LogP contribution in [0.4, 0.5) is 0 Å². The van der Waals surface area contributed by atoms with Gasteiger partial charge in [0.1, 0.15) is 0 Å². The summed E-state index contributed by atoms with van der Waals surface area (Å²) in [6, 6.07) is 5.28. The number of H-pyrrole nitrogens is 1. The zero-order chi connectivity index (χ0) is 19.0. The van der Waals surface area contributed by atoms with Gasteiger partial charge >= 0.3 is 0 Å². The Bertz CT molecular complexity index is 1040. The first-order valence-corrected chi connectivity index (χ1v) is 9.42. The first-order valence-electron chi connectivity index (χ1n) is 9.42. The van der Waals surface area contributed by atoms with E-state index >= 15 is 0 Å². The molecular weight excluding hydrogens is 342 g/mol. The molecule has 1 amide bonds. The van der Waals surface area contributed by atoms with Crippen molar-refractivity contribution in [1.82, 2.24) is 24.5 Å². The van der Waals surface area contributed by atoms with E-state index in [1.807, 2.05) is 24.8 Å². The van der Waals surface area contributed by atoms with Crippen LogP contribution in [-0.2, 0) is 6.42 Å². The molecule has 0 radical (unpaired) electrons. The molecule has 1 fully saturated rings. The normalized spacial score (nSPS) is 17.4. The lowest BCUT2D eigenvalue weighted by atomic mass is 9.98. The second-order valence-corrected chi connectivity index (χ2v) is 6.99. The first-order chi connectivity index (χ1) is 13.1. The molecule has 0 bridgehead atoms. The Kier molecular flexibility index (Phi) is 4.51. The number of carbonyl (C=O) groups is 1. The second-order valence-electron chi connectivity index (χ2n) is 6.99. The standard InChI is InChI=1S/C20H23N5O2/c1-3-15-13(2)22-18-12-16(23-25(18)20(15)27)17-6-4-5-11-24(17)19(26)14-7-9-21-10-8-14/h7-10,12,17,23H,3-6,11H2,1-2H3/t17-/m1/s1. The van der Waals surface area contributed by atoms with E-state index in [0.29, 0.717) is 29.7 Å². The fourth-order valence-corrected chi connectivity index (χ4v) is 3.92. The van der Waals surface area contributed by atoms with E-state index in [1.165, 1.54) is 4.52 Å². The van der Waals surface area contributed by atoms with Gasteiger partial charge in [-0.05, 0) is 44.7 Å². The van der Waals surface area contributed by atoms with E-state index in [9.17, 15) is 9.59 Å². The van der Waals surface area contributed by atoms with Gasteiger partial charge in [-0.3, -0.25) is 19.7 Å². The average Bonchev–Trinajstić information content (AvgIpc) is 3.12.